The highest BCUT2D eigenvalue weighted by atomic mass is 32.1. The third-order valence-corrected chi connectivity index (χ3v) is 9.79. The predicted octanol–water partition coefficient (Wildman–Crippen LogP) is 7.44. The first-order valence-electron chi connectivity index (χ1n) is 14.3. The fourth-order valence-electron chi connectivity index (χ4n) is 4.86. The van der Waals surface area contributed by atoms with Gasteiger partial charge in [-0.15, -0.1) is 0 Å². The molecule has 0 radical (unpaired) electrons. The monoisotopic (exact) mass is 630 g/mol. The molecule has 4 aromatic heterocycles. The van der Waals surface area contributed by atoms with Crippen molar-refractivity contribution >= 4 is 42.0 Å². The molecular weight excluding hydrogens is 593 g/mol. The number of hydrogen-bond acceptors (Lipinski definition) is 8. The van der Waals surface area contributed by atoms with Crippen LogP contribution in [0.5, 0.6) is 17.2 Å². The molecule has 0 fully saturated rings. The Kier molecular flexibility index (Phi) is 9.38. The molecule has 0 spiro atoms. The number of methoxy groups -OCH3 is 3. The molecule has 5 aromatic rings. The molecule has 1 amide bonds. The first kappa shape index (κ1) is 31.2. The Morgan fingerprint density at radius 1 is 0.932 bits per heavy atom. The molecule has 0 aliphatic carbocycles. The highest BCUT2D eigenvalue weighted by Gasteiger charge is 2.24. The van der Waals surface area contributed by atoms with Crippen LogP contribution in [0.2, 0.25) is 25.7 Å². The molecule has 1 aromatic carbocycles. The average molecular weight is 631 g/mol. The summed E-state index contributed by atoms with van der Waals surface area (Å²) in [5.41, 5.74) is 6.27. The summed E-state index contributed by atoms with van der Waals surface area (Å²) in [5, 5.41) is 4.11. The van der Waals surface area contributed by atoms with E-state index in [4.69, 9.17) is 23.9 Å². The molecule has 0 saturated heterocycles. The summed E-state index contributed by atoms with van der Waals surface area (Å²) in [4.78, 5) is 25.2. The molecule has 230 valence electrons. The number of hydrogen-bond donors (Lipinski definition) is 0. The van der Waals surface area contributed by atoms with Crippen LogP contribution in [0.15, 0.2) is 65.5 Å². The number of aromatic nitrogens is 3. The largest absolute Gasteiger partial charge is 0.493 e. The summed E-state index contributed by atoms with van der Waals surface area (Å²) < 4.78 is 24.6. The fraction of sp³-hybridized carbons (Fsp3) is 0.303. The van der Waals surface area contributed by atoms with Gasteiger partial charge in [-0.05, 0) is 47.8 Å². The second-order valence-corrected chi connectivity index (χ2v) is 18.0. The minimum atomic E-state index is -1.29. The molecule has 44 heavy (non-hydrogen) atoms. The standard InChI is InChI=1S/C33H38N4O5SSi/c1-36(24-17-30(39-2)32(41-4)31(18-24)40-3)33(38)29-19-27-28(37(29)21-42-13-15-44(5,6)7)9-8-25(35-27)22-10-12-34-26(16-22)23-11-14-43-20-23/h8-12,14,16-20H,13,15,21H2,1-7H3. The van der Waals surface area contributed by atoms with Crippen molar-refractivity contribution in [3.8, 4) is 39.8 Å². The van der Waals surface area contributed by atoms with Crippen LogP contribution >= 0.6 is 11.3 Å². The lowest BCUT2D eigenvalue weighted by atomic mass is 10.1. The molecule has 4 heterocycles. The Hall–Kier alpha value is -4.19. The summed E-state index contributed by atoms with van der Waals surface area (Å²) in [5.74, 6) is 1.15. The Morgan fingerprint density at radius 3 is 2.32 bits per heavy atom. The van der Waals surface area contributed by atoms with E-state index < -0.39 is 8.07 Å². The van der Waals surface area contributed by atoms with E-state index in [1.807, 2.05) is 40.3 Å². The van der Waals surface area contributed by atoms with E-state index in [2.05, 4.69) is 36.1 Å². The van der Waals surface area contributed by atoms with E-state index in [9.17, 15) is 4.79 Å². The molecule has 0 saturated carbocycles. The van der Waals surface area contributed by atoms with Crippen LogP contribution in [-0.4, -0.2) is 63.5 Å². The topological polar surface area (TPSA) is 87.9 Å². The van der Waals surface area contributed by atoms with Crippen molar-refractivity contribution in [3.05, 3.63) is 71.2 Å². The van der Waals surface area contributed by atoms with Gasteiger partial charge in [-0.2, -0.15) is 11.3 Å². The maximum atomic E-state index is 14.1. The third kappa shape index (κ3) is 6.64. The summed E-state index contributed by atoms with van der Waals surface area (Å²) >= 11 is 1.64. The number of pyridine rings is 2. The Bertz CT molecular complexity index is 1740. The van der Waals surface area contributed by atoms with Crippen LogP contribution in [0, 0.1) is 0 Å². The third-order valence-electron chi connectivity index (χ3n) is 7.41. The Labute approximate surface area is 263 Å². The number of thiophene rings is 1. The molecule has 0 atom stereocenters. The molecule has 5 rings (SSSR count). The molecule has 0 aliphatic rings. The Morgan fingerprint density at radius 2 is 1.68 bits per heavy atom. The number of carbonyl (C=O) groups is 1. The number of nitrogens with zero attached hydrogens (tertiary/aromatic N) is 4. The second-order valence-electron chi connectivity index (χ2n) is 11.6. The van der Waals surface area contributed by atoms with Crippen molar-refractivity contribution in [2.75, 3.05) is 39.9 Å². The minimum absolute atomic E-state index is 0.226. The van der Waals surface area contributed by atoms with E-state index in [1.165, 1.54) is 0 Å². The normalized spacial score (nSPS) is 11.5. The minimum Gasteiger partial charge on any atom is -0.493 e. The molecule has 0 unspecified atom stereocenters. The van der Waals surface area contributed by atoms with E-state index in [0.717, 1.165) is 34.1 Å². The predicted molar refractivity (Wildman–Crippen MR) is 179 cm³/mol. The molecular formula is C33H38N4O5SSi. The van der Waals surface area contributed by atoms with Crippen LogP contribution in [0.1, 0.15) is 10.5 Å². The maximum absolute atomic E-state index is 14.1. The van der Waals surface area contributed by atoms with Crippen molar-refractivity contribution in [2.45, 2.75) is 32.4 Å². The molecule has 0 bridgehead atoms. The van der Waals surface area contributed by atoms with Gasteiger partial charge in [0.2, 0.25) is 5.75 Å². The van der Waals surface area contributed by atoms with Crippen molar-refractivity contribution < 1.29 is 23.7 Å². The van der Waals surface area contributed by atoms with Gasteiger partial charge in [0.15, 0.2) is 11.5 Å². The van der Waals surface area contributed by atoms with Crippen LogP contribution in [0.3, 0.4) is 0 Å². The van der Waals surface area contributed by atoms with Gasteiger partial charge in [0.1, 0.15) is 12.4 Å². The van der Waals surface area contributed by atoms with E-state index in [1.54, 1.807) is 62.9 Å². The number of carbonyl (C=O) groups excluding carboxylic acids is 1. The van der Waals surface area contributed by atoms with Gasteiger partial charge in [-0.25, -0.2) is 4.98 Å². The summed E-state index contributed by atoms with van der Waals surface area (Å²) in [6.07, 6.45) is 1.80. The summed E-state index contributed by atoms with van der Waals surface area (Å²) in [6.45, 7) is 7.81. The van der Waals surface area contributed by atoms with Crippen LogP contribution < -0.4 is 19.1 Å². The second kappa shape index (κ2) is 13.2. The van der Waals surface area contributed by atoms with Crippen molar-refractivity contribution in [1.82, 2.24) is 14.5 Å². The quantitative estimate of drug-likeness (QED) is 0.105. The van der Waals surface area contributed by atoms with Gasteiger partial charge in [0.05, 0.1) is 49.4 Å². The van der Waals surface area contributed by atoms with E-state index >= 15 is 0 Å². The molecule has 11 heteroatoms. The fourth-order valence-corrected chi connectivity index (χ4v) is 6.26. The number of anilines is 1. The van der Waals surface area contributed by atoms with Crippen molar-refractivity contribution in [3.63, 3.8) is 0 Å². The first-order valence-corrected chi connectivity index (χ1v) is 18.9. The smallest absolute Gasteiger partial charge is 0.274 e. The summed E-state index contributed by atoms with van der Waals surface area (Å²) in [6, 6.07) is 16.4. The SMILES string of the molecule is COc1cc(N(C)C(=O)c2cc3nc(-c4ccnc(-c5ccsc5)c4)ccc3n2COCC[Si](C)(C)C)cc(OC)c1OC. The van der Waals surface area contributed by atoms with Crippen LogP contribution in [0.25, 0.3) is 33.5 Å². The number of fused-ring (bicyclic) bond motifs is 1. The van der Waals surface area contributed by atoms with Crippen molar-refractivity contribution in [2.24, 2.45) is 0 Å². The number of rotatable bonds is 12. The van der Waals surface area contributed by atoms with Gasteiger partial charge in [0, 0.05) is 56.6 Å². The van der Waals surface area contributed by atoms with Gasteiger partial charge in [-0.1, -0.05) is 19.6 Å². The zero-order valence-electron chi connectivity index (χ0n) is 26.2. The highest BCUT2D eigenvalue weighted by molar-refractivity contribution is 7.08. The van der Waals surface area contributed by atoms with Crippen molar-refractivity contribution in [1.29, 1.82) is 0 Å². The molecule has 0 aliphatic heterocycles. The van der Waals surface area contributed by atoms with Crippen LogP contribution in [0.4, 0.5) is 5.69 Å². The zero-order chi connectivity index (χ0) is 31.4. The van der Waals surface area contributed by atoms with Gasteiger partial charge in [-0.3, -0.25) is 9.78 Å². The Balaban J connectivity index is 1.53. The zero-order valence-corrected chi connectivity index (χ0v) is 28.0. The lowest BCUT2D eigenvalue weighted by molar-refractivity contribution is 0.0828. The van der Waals surface area contributed by atoms with Gasteiger partial charge < -0.3 is 28.4 Å². The molecule has 9 nitrogen and oxygen atoms in total. The maximum Gasteiger partial charge on any atom is 0.274 e. The number of ether oxygens (including phenoxy) is 4. The number of benzene rings is 1. The first-order chi connectivity index (χ1) is 21.1. The average Bonchev–Trinajstić information content (AvgIpc) is 3.69. The highest BCUT2D eigenvalue weighted by Crippen LogP contribution is 2.41. The van der Waals surface area contributed by atoms with E-state index in [0.29, 0.717) is 40.8 Å². The van der Waals surface area contributed by atoms with Gasteiger partial charge >= 0.3 is 0 Å². The lowest BCUT2D eigenvalue weighted by Crippen LogP contribution is -2.29. The summed E-state index contributed by atoms with van der Waals surface area (Å²) in [7, 11) is 5.08. The van der Waals surface area contributed by atoms with Crippen LogP contribution in [-0.2, 0) is 11.5 Å². The van der Waals surface area contributed by atoms with Gasteiger partial charge in [0.25, 0.3) is 5.91 Å². The van der Waals surface area contributed by atoms with E-state index in [-0.39, 0.29) is 12.6 Å². The number of amides is 1. The molecule has 0 N–H and O–H groups in total. The lowest BCUT2D eigenvalue weighted by Gasteiger charge is -2.22.